The molecule has 4 aliphatic rings. The molecule has 14 nitrogen and oxygen atoms in total. The van der Waals surface area contributed by atoms with Crippen molar-refractivity contribution in [3.8, 4) is 0 Å². The van der Waals surface area contributed by atoms with Gasteiger partial charge in [-0.25, -0.2) is 14.7 Å². The number of carbonyl (C=O) groups is 6. The average Bonchev–Trinajstić information content (AvgIpc) is 3.40. The predicted octanol–water partition coefficient (Wildman–Crippen LogP) is 1.22. The quantitative estimate of drug-likeness (QED) is 0.319. The maximum Gasteiger partial charge on any atom is 0.345 e. The van der Waals surface area contributed by atoms with Crippen LogP contribution in [0.5, 0.6) is 0 Å². The zero-order valence-electron chi connectivity index (χ0n) is 24.6. The molecule has 0 unspecified atom stereocenters. The lowest BCUT2D eigenvalue weighted by Gasteiger charge is -2.29. The van der Waals surface area contributed by atoms with Gasteiger partial charge in [0.15, 0.2) is 11.6 Å². The number of piperidine rings is 2. The van der Waals surface area contributed by atoms with E-state index in [-0.39, 0.29) is 54.6 Å². The smallest absolute Gasteiger partial charge is 0.345 e. The number of ketones is 2. The molecule has 14 heteroatoms. The number of rotatable bonds is 11. The number of benzene rings is 1. The van der Waals surface area contributed by atoms with E-state index >= 15 is 0 Å². The summed E-state index contributed by atoms with van der Waals surface area (Å²) in [5.74, 6) is -0.659. The van der Waals surface area contributed by atoms with Gasteiger partial charge in [-0.05, 0) is 31.2 Å². The Labute approximate surface area is 250 Å². The molecule has 4 atom stereocenters. The minimum atomic E-state index is -0.574. The maximum absolute atomic E-state index is 12.6. The first kappa shape index (κ1) is 31.9. The van der Waals surface area contributed by atoms with Crippen molar-refractivity contribution < 1.29 is 38.8 Å². The van der Waals surface area contributed by atoms with Crippen LogP contribution in [0.1, 0.15) is 57.9 Å². The lowest BCUT2D eigenvalue weighted by atomic mass is 10.0. The number of nitrogens with zero attached hydrogens (tertiary/aromatic N) is 4. The molecule has 4 heterocycles. The second-order valence-electron chi connectivity index (χ2n) is 11.0. The van der Waals surface area contributed by atoms with E-state index in [1.807, 2.05) is 30.3 Å². The van der Waals surface area contributed by atoms with Gasteiger partial charge in [-0.1, -0.05) is 44.2 Å². The summed E-state index contributed by atoms with van der Waals surface area (Å²) in [6.07, 6.45) is 3.15. The van der Waals surface area contributed by atoms with Crippen molar-refractivity contribution in [1.82, 2.24) is 30.6 Å². The fourth-order valence-corrected chi connectivity index (χ4v) is 5.57. The van der Waals surface area contributed by atoms with Gasteiger partial charge in [0.05, 0.1) is 25.2 Å². The van der Waals surface area contributed by atoms with Crippen LogP contribution < -0.4 is 10.6 Å². The van der Waals surface area contributed by atoms with Gasteiger partial charge < -0.3 is 20.4 Å². The number of fused-ring (bicyclic) bond motifs is 4. The zero-order chi connectivity index (χ0) is 31.1. The van der Waals surface area contributed by atoms with E-state index in [9.17, 15) is 34.0 Å². The molecule has 0 radical (unpaired) electrons. The largest absolute Gasteiger partial charge is 0.347 e. The van der Waals surface area contributed by atoms with Crippen molar-refractivity contribution in [3.05, 3.63) is 35.9 Å². The Morgan fingerprint density at radius 3 is 1.86 bits per heavy atom. The monoisotopic (exact) mass is 600 g/mol. The molecule has 3 N–H and O–H groups in total. The van der Waals surface area contributed by atoms with Crippen molar-refractivity contribution in [1.29, 1.82) is 0 Å². The highest BCUT2D eigenvalue weighted by atomic mass is 16.7. The fraction of sp³-hybridized carbons (Fsp3) is 0.586. The lowest BCUT2D eigenvalue weighted by Crippen LogP contribution is -2.50. The van der Waals surface area contributed by atoms with Crippen LogP contribution in [0.15, 0.2) is 30.3 Å². The number of amides is 6. The Kier molecular flexibility index (Phi) is 10.7. The number of hydrogen-bond donors (Lipinski definition) is 3. The molecule has 4 bridgehead atoms. The van der Waals surface area contributed by atoms with Crippen LogP contribution in [0, 0.1) is 0 Å². The highest BCUT2D eigenvalue weighted by Gasteiger charge is 2.48. The normalized spacial score (nSPS) is 24.0. The molecule has 0 saturated carbocycles. The van der Waals surface area contributed by atoms with Crippen LogP contribution in [0.4, 0.5) is 9.59 Å². The minimum Gasteiger partial charge on any atom is -0.347 e. The maximum atomic E-state index is 12.6. The van der Waals surface area contributed by atoms with Gasteiger partial charge in [-0.15, -0.1) is 0 Å². The van der Waals surface area contributed by atoms with E-state index in [0.29, 0.717) is 63.3 Å². The third-order valence-corrected chi connectivity index (χ3v) is 8.19. The molecule has 4 saturated heterocycles. The Balaban J connectivity index is 0.000000208. The molecule has 1 aromatic carbocycles. The first-order valence-corrected chi connectivity index (χ1v) is 14.8. The highest BCUT2D eigenvalue weighted by Crippen LogP contribution is 2.31. The van der Waals surface area contributed by atoms with E-state index in [1.165, 1.54) is 9.96 Å². The molecular weight excluding hydrogens is 560 g/mol. The summed E-state index contributed by atoms with van der Waals surface area (Å²) in [6.45, 7) is 4.67. The molecule has 1 aromatic rings. The summed E-state index contributed by atoms with van der Waals surface area (Å²) in [5, 5.41) is 16.8. The van der Waals surface area contributed by atoms with Crippen LogP contribution in [-0.4, -0.2) is 111 Å². The predicted molar refractivity (Wildman–Crippen MR) is 151 cm³/mol. The molecule has 4 fully saturated rings. The molecule has 4 aliphatic heterocycles. The zero-order valence-corrected chi connectivity index (χ0v) is 24.6. The number of hydrogen-bond acceptors (Lipinski definition) is 8. The summed E-state index contributed by atoms with van der Waals surface area (Å²) < 4.78 is 0. The number of Topliss-reactive ketones (excluding diaryl/α,β-unsaturated/α-hetero) is 2. The molecule has 0 aromatic heterocycles. The van der Waals surface area contributed by atoms with Gasteiger partial charge >= 0.3 is 12.1 Å². The SMILES string of the molecule is CCC(=O)CNC(=O)[C@@H]1CC[C@@H]2CN1C(=O)N2O.CCC(=O)CNC(=O)[C@@H]1CC[C@@H]2CN1C(=O)N2OCc1ccccc1. The second-order valence-corrected chi connectivity index (χ2v) is 11.0. The fourth-order valence-electron chi connectivity index (χ4n) is 5.57. The Morgan fingerprint density at radius 1 is 0.791 bits per heavy atom. The van der Waals surface area contributed by atoms with Gasteiger partial charge in [0.1, 0.15) is 18.7 Å². The first-order chi connectivity index (χ1) is 20.6. The van der Waals surface area contributed by atoms with Gasteiger partial charge in [0, 0.05) is 25.9 Å². The van der Waals surface area contributed by atoms with E-state index in [2.05, 4.69) is 10.6 Å². The van der Waals surface area contributed by atoms with Gasteiger partial charge in [0.25, 0.3) is 0 Å². The Hall–Kier alpha value is -4.04. The topological polar surface area (TPSA) is 169 Å². The summed E-state index contributed by atoms with van der Waals surface area (Å²) >= 11 is 0. The standard InChI is InChI=1S/C18H23N3O4.C11H17N3O4/c1-2-15(22)10-19-17(23)16-9-8-14-11-20(16)18(24)21(14)25-12-13-6-4-3-5-7-13;1-2-8(15)5-12-10(16)9-4-3-7-6-13(9)11(17)14(7)18/h3-7,14,16H,2,8-12H2,1H3,(H,19,23);7,9,18H,2-6H2,1H3,(H,12,16)/t14-,16+;7-,9+/m11/s1. The molecule has 0 spiro atoms. The summed E-state index contributed by atoms with van der Waals surface area (Å²) in [5.41, 5.74) is 0.985. The minimum absolute atomic E-state index is 0.000131. The van der Waals surface area contributed by atoms with Crippen LogP contribution in [-0.2, 0) is 30.6 Å². The van der Waals surface area contributed by atoms with Crippen LogP contribution in [0.2, 0.25) is 0 Å². The number of carbonyl (C=O) groups excluding carboxylic acids is 6. The average molecular weight is 601 g/mol. The van der Waals surface area contributed by atoms with Crippen molar-refractivity contribution >= 4 is 35.4 Å². The molecule has 43 heavy (non-hydrogen) atoms. The summed E-state index contributed by atoms with van der Waals surface area (Å²) in [7, 11) is 0. The highest BCUT2D eigenvalue weighted by molar-refractivity contribution is 5.92. The molecular formula is C29H40N6O8. The van der Waals surface area contributed by atoms with Crippen LogP contribution in [0.3, 0.4) is 0 Å². The van der Waals surface area contributed by atoms with Crippen molar-refractivity contribution in [2.24, 2.45) is 0 Å². The Bertz CT molecular complexity index is 1210. The van der Waals surface area contributed by atoms with Crippen LogP contribution in [0.25, 0.3) is 0 Å². The summed E-state index contributed by atoms with van der Waals surface area (Å²) in [4.78, 5) is 79.6. The van der Waals surface area contributed by atoms with Crippen LogP contribution >= 0.6 is 0 Å². The van der Waals surface area contributed by atoms with Gasteiger partial charge in [-0.3, -0.25) is 29.2 Å². The van der Waals surface area contributed by atoms with Crippen molar-refractivity contribution in [2.75, 3.05) is 26.2 Å². The third-order valence-electron chi connectivity index (χ3n) is 8.19. The van der Waals surface area contributed by atoms with E-state index in [0.717, 1.165) is 5.56 Å². The van der Waals surface area contributed by atoms with Crippen molar-refractivity contribution in [2.45, 2.75) is 83.1 Å². The van der Waals surface area contributed by atoms with Gasteiger partial charge in [-0.2, -0.15) is 5.06 Å². The summed E-state index contributed by atoms with van der Waals surface area (Å²) in [6, 6.07) is 7.50. The second kappa shape index (κ2) is 14.4. The Morgan fingerprint density at radius 2 is 1.30 bits per heavy atom. The number of nitrogens with one attached hydrogen (secondary N) is 2. The molecule has 6 amide bonds. The van der Waals surface area contributed by atoms with E-state index < -0.39 is 18.1 Å². The molecule has 0 aliphatic carbocycles. The lowest BCUT2D eigenvalue weighted by molar-refractivity contribution is -0.140. The van der Waals surface area contributed by atoms with Crippen molar-refractivity contribution in [3.63, 3.8) is 0 Å². The van der Waals surface area contributed by atoms with E-state index in [1.54, 1.807) is 18.7 Å². The van der Waals surface area contributed by atoms with Gasteiger partial charge in [0.2, 0.25) is 11.8 Å². The number of hydroxylamine groups is 4. The molecule has 5 rings (SSSR count). The number of urea groups is 2. The molecule has 234 valence electrons. The first-order valence-electron chi connectivity index (χ1n) is 14.8. The third kappa shape index (κ3) is 7.49. The van der Waals surface area contributed by atoms with E-state index in [4.69, 9.17) is 4.84 Å².